The van der Waals surface area contributed by atoms with E-state index in [9.17, 15) is 0 Å². The number of fused-ring (bicyclic) bond motifs is 3. The highest BCUT2D eigenvalue weighted by Crippen LogP contribution is 2.43. The molecular weight excluding hydrogens is 186 g/mol. The van der Waals surface area contributed by atoms with Crippen LogP contribution in [0.3, 0.4) is 0 Å². The number of aromatic nitrogens is 2. The average molecular weight is 197 g/mol. The first-order valence-corrected chi connectivity index (χ1v) is 5.28. The van der Waals surface area contributed by atoms with E-state index in [0.717, 1.165) is 30.5 Å². The van der Waals surface area contributed by atoms with Crippen LogP contribution in [-0.2, 0) is 6.42 Å². The Morgan fingerprint density at radius 3 is 3.27 bits per heavy atom. The van der Waals surface area contributed by atoms with Gasteiger partial charge in [0, 0.05) is 17.7 Å². The summed E-state index contributed by atoms with van der Waals surface area (Å²) in [6.07, 6.45) is 8.75. The molecule has 0 saturated carbocycles. The molecule has 2 aliphatic carbocycles. The summed E-state index contributed by atoms with van der Waals surface area (Å²) in [6.45, 7) is 0. The fourth-order valence-corrected chi connectivity index (χ4v) is 2.69. The number of rotatable bonds is 0. The Balaban J connectivity index is 2.06. The molecule has 2 atom stereocenters. The molecule has 15 heavy (non-hydrogen) atoms. The van der Waals surface area contributed by atoms with E-state index >= 15 is 0 Å². The number of hydrogen-bond donors (Lipinski definition) is 0. The van der Waals surface area contributed by atoms with E-state index in [1.807, 2.05) is 6.20 Å². The minimum atomic E-state index is 0.367. The molecule has 2 unspecified atom stereocenters. The SMILES string of the molecule is N#CC1=CC2c3ncncc3CC2CC1. The molecular formula is C12H11N3. The summed E-state index contributed by atoms with van der Waals surface area (Å²) in [5.41, 5.74) is 3.33. The van der Waals surface area contributed by atoms with Crippen LogP contribution in [-0.4, -0.2) is 9.97 Å². The van der Waals surface area contributed by atoms with Crippen molar-refractivity contribution in [3.8, 4) is 6.07 Å². The summed E-state index contributed by atoms with van der Waals surface area (Å²) in [4.78, 5) is 8.40. The Kier molecular flexibility index (Phi) is 1.81. The number of hydrogen-bond acceptors (Lipinski definition) is 3. The molecule has 0 spiro atoms. The summed E-state index contributed by atoms with van der Waals surface area (Å²) in [5, 5.41) is 8.91. The van der Waals surface area contributed by atoms with Gasteiger partial charge >= 0.3 is 0 Å². The molecule has 0 N–H and O–H groups in total. The maximum Gasteiger partial charge on any atom is 0.115 e. The van der Waals surface area contributed by atoms with Gasteiger partial charge in [-0.25, -0.2) is 9.97 Å². The number of nitriles is 1. The largest absolute Gasteiger partial charge is 0.245 e. The molecule has 3 rings (SSSR count). The standard InChI is InChI=1S/C12H11N3/c13-5-8-1-2-9-4-10-6-14-7-15-12(10)11(9)3-8/h3,6-7,9,11H,1-2,4H2. The fraction of sp³-hybridized carbons (Fsp3) is 0.417. The highest BCUT2D eigenvalue weighted by atomic mass is 14.8. The van der Waals surface area contributed by atoms with Gasteiger partial charge < -0.3 is 0 Å². The van der Waals surface area contributed by atoms with E-state index in [2.05, 4.69) is 22.1 Å². The highest BCUT2D eigenvalue weighted by molar-refractivity contribution is 5.37. The molecule has 0 fully saturated rings. The minimum Gasteiger partial charge on any atom is -0.245 e. The zero-order valence-electron chi connectivity index (χ0n) is 8.35. The second-order valence-corrected chi connectivity index (χ2v) is 4.27. The van der Waals surface area contributed by atoms with E-state index in [1.165, 1.54) is 5.56 Å². The number of allylic oxidation sites excluding steroid dienone is 2. The molecule has 1 aromatic rings. The van der Waals surface area contributed by atoms with Crippen LogP contribution in [0.4, 0.5) is 0 Å². The van der Waals surface area contributed by atoms with Crippen molar-refractivity contribution in [2.45, 2.75) is 25.2 Å². The molecule has 2 aliphatic rings. The molecule has 0 radical (unpaired) electrons. The summed E-state index contributed by atoms with van der Waals surface area (Å²) >= 11 is 0. The van der Waals surface area contributed by atoms with Crippen molar-refractivity contribution < 1.29 is 0 Å². The zero-order chi connectivity index (χ0) is 10.3. The Morgan fingerprint density at radius 1 is 1.47 bits per heavy atom. The van der Waals surface area contributed by atoms with Crippen molar-refractivity contribution in [1.82, 2.24) is 9.97 Å². The summed E-state index contributed by atoms with van der Waals surface area (Å²) in [5.74, 6) is 1.01. The molecule has 0 aromatic carbocycles. The predicted octanol–water partition coefficient (Wildman–Crippen LogP) is 1.98. The number of nitrogens with zero attached hydrogens (tertiary/aromatic N) is 3. The molecule has 0 aliphatic heterocycles. The van der Waals surface area contributed by atoms with Crippen molar-refractivity contribution in [3.05, 3.63) is 35.4 Å². The van der Waals surface area contributed by atoms with Crippen LogP contribution in [0, 0.1) is 17.2 Å². The predicted molar refractivity (Wildman–Crippen MR) is 54.9 cm³/mol. The third kappa shape index (κ3) is 1.25. The van der Waals surface area contributed by atoms with Gasteiger partial charge in [-0.3, -0.25) is 0 Å². The first kappa shape index (κ1) is 8.60. The smallest absolute Gasteiger partial charge is 0.115 e. The van der Waals surface area contributed by atoms with Crippen LogP contribution in [0.2, 0.25) is 0 Å². The van der Waals surface area contributed by atoms with Crippen molar-refractivity contribution in [3.63, 3.8) is 0 Å². The van der Waals surface area contributed by atoms with E-state index in [-0.39, 0.29) is 0 Å². The highest BCUT2D eigenvalue weighted by Gasteiger charge is 2.34. The lowest BCUT2D eigenvalue weighted by molar-refractivity contribution is 0.451. The van der Waals surface area contributed by atoms with Crippen molar-refractivity contribution in [2.24, 2.45) is 5.92 Å². The zero-order valence-corrected chi connectivity index (χ0v) is 8.35. The van der Waals surface area contributed by atoms with Crippen LogP contribution >= 0.6 is 0 Å². The third-order valence-corrected chi connectivity index (χ3v) is 3.44. The van der Waals surface area contributed by atoms with E-state index in [1.54, 1.807) is 6.33 Å². The topological polar surface area (TPSA) is 49.6 Å². The second kappa shape index (κ2) is 3.16. The molecule has 0 amide bonds. The minimum absolute atomic E-state index is 0.367. The van der Waals surface area contributed by atoms with Crippen molar-refractivity contribution >= 4 is 0 Å². The average Bonchev–Trinajstić information content (AvgIpc) is 2.66. The van der Waals surface area contributed by atoms with E-state index in [4.69, 9.17) is 5.26 Å². The van der Waals surface area contributed by atoms with Crippen LogP contribution in [0.15, 0.2) is 24.2 Å². The fourth-order valence-electron chi connectivity index (χ4n) is 2.69. The maximum atomic E-state index is 8.91. The van der Waals surface area contributed by atoms with Gasteiger partial charge in [0.25, 0.3) is 0 Å². The monoisotopic (exact) mass is 197 g/mol. The van der Waals surface area contributed by atoms with Crippen molar-refractivity contribution in [1.29, 1.82) is 5.26 Å². The maximum absolute atomic E-state index is 8.91. The van der Waals surface area contributed by atoms with Gasteiger partial charge in [0.15, 0.2) is 0 Å². The lowest BCUT2D eigenvalue weighted by Gasteiger charge is -2.21. The molecule has 0 bridgehead atoms. The molecule has 3 nitrogen and oxygen atoms in total. The van der Waals surface area contributed by atoms with Crippen LogP contribution in [0.5, 0.6) is 0 Å². The molecule has 0 saturated heterocycles. The molecule has 1 aromatic heterocycles. The van der Waals surface area contributed by atoms with Crippen LogP contribution < -0.4 is 0 Å². The summed E-state index contributed by atoms with van der Waals surface area (Å²) in [7, 11) is 0. The molecule has 1 heterocycles. The van der Waals surface area contributed by atoms with Crippen molar-refractivity contribution in [2.75, 3.05) is 0 Å². The Bertz CT molecular complexity index is 470. The van der Waals surface area contributed by atoms with Crippen LogP contribution in [0.25, 0.3) is 0 Å². The molecule has 74 valence electrons. The summed E-state index contributed by atoms with van der Waals surface area (Å²) < 4.78 is 0. The second-order valence-electron chi connectivity index (χ2n) is 4.27. The Labute approximate surface area is 88.5 Å². The van der Waals surface area contributed by atoms with Crippen LogP contribution in [0.1, 0.15) is 30.0 Å². The quantitative estimate of drug-likeness (QED) is 0.639. The van der Waals surface area contributed by atoms with E-state index in [0.29, 0.717) is 11.8 Å². The van der Waals surface area contributed by atoms with Gasteiger partial charge in [0.05, 0.1) is 11.8 Å². The molecule has 3 heteroatoms. The Hall–Kier alpha value is -1.69. The Morgan fingerprint density at radius 2 is 2.40 bits per heavy atom. The summed E-state index contributed by atoms with van der Waals surface area (Å²) in [6, 6.07) is 2.27. The third-order valence-electron chi connectivity index (χ3n) is 3.44. The normalized spacial score (nSPS) is 27.5. The first-order valence-electron chi connectivity index (χ1n) is 5.28. The lowest BCUT2D eigenvalue weighted by atomic mass is 9.83. The van der Waals surface area contributed by atoms with Gasteiger partial charge in [-0.1, -0.05) is 6.08 Å². The van der Waals surface area contributed by atoms with Gasteiger partial charge in [-0.05, 0) is 30.7 Å². The van der Waals surface area contributed by atoms with Gasteiger partial charge in [0.1, 0.15) is 6.33 Å². The van der Waals surface area contributed by atoms with E-state index < -0.39 is 0 Å². The van der Waals surface area contributed by atoms with Gasteiger partial charge in [-0.2, -0.15) is 5.26 Å². The van der Waals surface area contributed by atoms with Gasteiger partial charge in [-0.15, -0.1) is 0 Å². The van der Waals surface area contributed by atoms with Gasteiger partial charge in [0.2, 0.25) is 0 Å². The lowest BCUT2D eigenvalue weighted by Crippen LogP contribution is -2.11. The first-order chi connectivity index (χ1) is 7.38.